The Morgan fingerprint density at radius 2 is 1.70 bits per heavy atom. The summed E-state index contributed by atoms with van der Waals surface area (Å²) < 4.78 is 0. The largest absolute Gasteiger partial charge is 0.336 e. The van der Waals surface area contributed by atoms with Gasteiger partial charge < -0.3 is 4.90 Å². The Balaban J connectivity index is 1.44. The van der Waals surface area contributed by atoms with Crippen molar-refractivity contribution in [1.82, 2.24) is 9.97 Å². The van der Waals surface area contributed by atoms with Gasteiger partial charge >= 0.3 is 0 Å². The zero-order valence-electron chi connectivity index (χ0n) is 15.1. The minimum atomic E-state index is 0.153. The van der Waals surface area contributed by atoms with Crippen molar-refractivity contribution >= 4 is 11.7 Å². The lowest BCUT2D eigenvalue weighted by Gasteiger charge is -2.30. The fraction of sp³-hybridized carbons (Fsp3) is 0.261. The second kappa shape index (κ2) is 6.62. The van der Waals surface area contributed by atoms with Crippen LogP contribution in [-0.2, 0) is 19.4 Å². The molecule has 0 N–H and O–H groups in total. The number of ketones is 1. The molecule has 0 unspecified atom stereocenters. The van der Waals surface area contributed by atoms with Crippen LogP contribution < -0.4 is 4.90 Å². The van der Waals surface area contributed by atoms with Crippen molar-refractivity contribution < 1.29 is 4.79 Å². The molecule has 5 rings (SSSR count). The lowest BCUT2D eigenvalue weighted by atomic mass is 9.82. The summed E-state index contributed by atoms with van der Waals surface area (Å²) in [4.78, 5) is 24.2. The maximum Gasteiger partial charge on any atom is 0.225 e. The van der Waals surface area contributed by atoms with E-state index in [0.717, 1.165) is 37.6 Å². The maximum atomic E-state index is 12.6. The maximum absolute atomic E-state index is 12.6. The highest BCUT2D eigenvalue weighted by molar-refractivity contribution is 5.98. The van der Waals surface area contributed by atoms with Gasteiger partial charge in [0.15, 0.2) is 5.78 Å². The van der Waals surface area contributed by atoms with E-state index in [9.17, 15) is 4.79 Å². The van der Waals surface area contributed by atoms with Crippen LogP contribution in [0.3, 0.4) is 0 Å². The molecular formula is C23H21N3O. The molecule has 134 valence electrons. The number of aromatic nitrogens is 2. The van der Waals surface area contributed by atoms with Gasteiger partial charge in [0, 0.05) is 25.7 Å². The summed E-state index contributed by atoms with van der Waals surface area (Å²) in [7, 11) is 0. The van der Waals surface area contributed by atoms with Gasteiger partial charge in [0.1, 0.15) is 0 Å². The molecule has 2 aliphatic rings. The predicted octanol–water partition coefficient (Wildman–Crippen LogP) is 3.95. The van der Waals surface area contributed by atoms with Gasteiger partial charge in [-0.15, -0.1) is 0 Å². The SMILES string of the molecule is O=C1C[C@@H](c2ccccc2)Cc2nc(N3CCc4ccccc4C3)ncc21. The average molecular weight is 355 g/mol. The molecular weight excluding hydrogens is 334 g/mol. The zero-order valence-corrected chi connectivity index (χ0v) is 15.1. The van der Waals surface area contributed by atoms with E-state index in [-0.39, 0.29) is 11.7 Å². The molecule has 1 aliphatic carbocycles. The minimum absolute atomic E-state index is 0.153. The fourth-order valence-electron chi connectivity index (χ4n) is 4.21. The van der Waals surface area contributed by atoms with Crippen LogP contribution in [0.25, 0.3) is 0 Å². The van der Waals surface area contributed by atoms with Crippen LogP contribution in [0.15, 0.2) is 60.8 Å². The highest BCUT2D eigenvalue weighted by atomic mass is 16.1. The smallest absolute Gasteiger partial charge is 0.225 e. The van der Waals surface area contributed by atoms with Crippen molar-refractivity contribution in [3.05, 3.63) is 88.7 Å². The Morgan fingerprint density at radius 1 is 0.926 bits per heavy atom. The lowest BCUT2D eigenvalue weighted by molar-refractivity contribution is 0.0962. The third-order valence-corrected chi connectivity index (χ3v) is 5.71. The van der Waals surface area contributed by atoms with Gasteiger partial charge in [-0.05, 0) is 35.4 Å². The fourth-order valence-corrected chi connectivity index (χ4v) is 4.21. The Kier molecular flexibility index (Phi) is 3.97. The van der Waals surface area contributed by atoms with Crippen LogP contribution in [0.1, 0.15) is 45.1 Å². The van der Waals surface area contributed by atoms with E-state index in [4.69, 9.17) is 4.98 Å². The standard InChI is InChI=1S/C23H21N3O/c27-22-13-19(16-6-2-1-3-7-16)12-21-20(22)14-24-23(25-21)26-11-10-17-8-4-5-9-18(17)15-26/h1-9,14,19H,10-13,15H2/t19-/m0/s1. The van der Waals surface area contributed by atoms with E-state index in [1.165, 1.54) is 16.7 Å². The molecule has 0 bridgehead atoms. The van der Waals surface area contributed by atoms with Crippen LogP contribution in [0.2, 0.25) is 0 Å². The molecule has 0 saturated carbocycles. The summed E-state index contributed by atoms with van der Waals surface area (Å²) in [5.41, 5.74) is 5.55. The number of hydrogen-bond donors (Lipinski definition) is 0. The molecule has 1 aromatic heterocycles. The number of fused-ring (bicyclic) bond motifs is 2. The number of benzene rings is 2. The number of nitrogens with zero attached hydrogens (tertiary/aromatic N) is 3. The highest BCUT2D eigenvalue weighted by Crippen LogP contribution is 2.32. The Hall–Kier alpha value is -3.01. The summed E-state index contributed by atoms with van der Waals surface area (Å²) in [6.07, 6.45) is 4.08. The number of rotatable bonds is 2. The first-order valence-electron chi connectivity index (χ1n) is 9.54. The van der Waals surface area contributed by atoms with Gasteiger partial charge in [0.05, 0.1) is 11.3 Å². The second-order valence-electron chi connectivity index (χ2n) is 7.41. The van der Waals surface area contributed by atoms with Gasteiger partial charge in [-0.3, -0.25) is 4.79 Å². The van der Waals surface area contributed by atoms with Crippen LogP contribution in [-0.4, -0.2) is 22.3 Å². The molecule has 0 radical (unpaired) electrons. The molecule has 1 aliphatic heterocycles. The molecule has 0 saturated heterocycles. The molecule has 4 nitrogen and oxygen atoms in total. The van der Waals surface area contributed by atoms with E-state index < -0.39 is 0 Å². The second-order valence-corrected chi connectivity index (χ2v) is 7.41. The number of Topliss-reactive ketones (excluding diaryl/α,β-unsaturated/α-hetero) is 1. The first-order valence-corrected chi connectivity index (χ1v) is 9.54. The van der Waals surface area contributed by atoms with Crippen LogP contribution in [0, 0.1) is 0 Å². The summed E-state index contributed by atoms with van der Waals surface area (Å²) in [5, 5.41) is 0. The molecule has 3 aromatic rings. The summed E-state index contributed by atoms with van der Waals surface area (Å²) in [5.74, 6) is 1.10. The molecule has 0 spiro atoms. The third-order valence-electron chi connectivity index (χ3n) is 5.71. The quantitative estimate of drug-likeness (QED) is 0.698. The van der Waals surface area contributed by atoms with Crippen LogP contribution >= 0.6 is 0 Å². The Morgan fingerprint density at radius 3 is 2.56 bits per heavy atom. The van der Waals surface area contributed by atoms with Gasteiger partial charge in [0.25, 0.3) is 0 Å². The molecule has 2 aromatic carbocycles. The lowest BCUT2D eigenvalue weighted by Crippen LogP contribution is -2.32. The number of carbonyl (C=O) groups excluding carboxylic acids is 1. The normalized spacial score (nSPS) is 18.7. The zero-order chi connectivity index (χ0) is 18.2. The minimum Gasteiger partial charge on any atom is -0.336 e. The molecule has 1 atom stereocenters. The monoisotopic (exact) mass is 355 g/mol. The molecule has 0 fully saturated rings. The van der Waals surface area contributed by atoms with E-state index in [1.54, 1.807) is 6.20 Å². The predicted molar refractivity (Wildman–Crippen MR) is 105 cm³/mol. The number of carbonyl (C=O) groups is 1. The third kappa shape index (κ3) is 3.01. The van der Waals surface area contributed by atoms with E-state index >= 15 is 0 Å². The first-order chi connectivity index (χ1) is 13.3. The van der Waals surface area contributed by atoms with Crippen molar-refractivity contribution in [2.24, 2.45) is 0 Å². The van der Waals surface area contributed by atoms with Crippen molar-refractivity contribution in [1.29, 1.82) is 0 Å². The van der Waals surface area contributed by atoms with Crippen molar-refractivity contribution in [3.63, 3.8) is 0 Å². The van der Waals surface area contributed by atoms with Crippen molar-refractivity contribution in [3.8, 4) is 0 Å². The van der Waals surface area contributed by atoms with E-state index in [2.05, 4.69) is 46.3 Å². The number of hydrogen-bond acceptors (Lipinski definition) is 4. The average Bonchev–Trinajstić information content (AvgIpc) is 2.73. The molecule has 4 heteroatoms. The summed E-state index contributed by atoms with van der Waals surface area (Å²) >= 11 is 0. The molecule has 0 amide bonds. The van der Waals surface area contributed by atoms with Crippen molar-refractivity contribution in [2.75, 3.05) is 11.4 Å². The van der Waals surface area contributed by atoms with Gasteiger partial charge in [-0.2, -0.15) is 0 Å². The Labute approximate surface area is 158 Å². The van der Waals surface area contributed by atoms with Crippen molar-refractivity contribution in [2.45, 2.75) is 31.7 Å². The van der Waals surface area contributed by atoms with Gasteiger partial charge in [-0.25, -0.2) is 9.97 Å². The topological polar surface area (TPSA) is 46.1 Å². The summed E-state index contributed by atoms with van der Waals surface area (Å²) in [6, 6.07) is 18.8. The molecule has 27 heavy (non-hydrogen) atoms. The van der Waals surface area contributed by atoms with E-state index in [0.29, 0.717) is 12.0 Å². The first kappa shape index (κ1) is 16.2. The summed E-state index contributed by atoms with van der Waals surface area (Å²) in [6.45, 7) is 1.73. The highest BCUT2D eigenvalue weighted by Gasteiger charge is 2.29. The van der Waals surface area contributed by atoms with E-state index in [1.807, 2.05) is 18.2 Å². The van der Waals surface area contributed by atoms with Crippen LogP contribution in [0.4, 0.5) is 5.95 Å². The van der Waals surface area contributed by atoms with Gasteiger partial charge in [0.2, 0.25) is 5.95 Å². The van der Waals surface area contributed by atoms with Gasteiger partial charge in [-0.1, -0.05) is 54.6 Å². The van der Waals surface area contributed by atoms with Crippen LogP contribution in [0.5, 0.6) is 0 Å². The Bertz CT molecular complexity index is 1000. The number of anilines is 1. The molecule has 2 heterocycles.